The number of hydrogen-bond acceptors (Lipinski definition) is 5. The van der Waals surface area contributed by atoms with Crippen molar-refractivity contribution < 1.29 is 26.0 Å². The van der Waals surface area contributed by atoms with Gasteiger partial charge in [0, 0.05) is 6.26 Å². The molecule has 10 heteroatoms. The molecule has 3 aromatic rings. The highest BCUT2D eigenvalue weighted by atomic mass is 32.2. The Kier molecular flexibility index (Phi) is 7.19. The van der Waals surface area contributed by atoms with E-state index in [1.807, 2.05) is 0 Å². The summed E-state index contributed by atoms with van der Waals surface area (Å²) in [4.78, 5) is 12.8. The van der Waals surface area contributed by atoms with Gasteiger partial charge in [-0.25, -0.2) is 21.2 Å². The molecule has 0 aromatic heterocycles. The van der Waals surface area contributed by atoms with E-state index < -0.39 is 44.2 Å². The highest BCUT2D eigenvalue weighted by Crippen LogP contribution is 2.24. The maximum atomic E-state index is 13.3. The largest absolute Gasteiger partial charge is 0.348 e. The van der Waals surface area contributed by atoms with Crippen LogP contribution in [0.25, 0.3) is 0 Å². The van der Waals surface area contributed by atoms with Gasteiger partial charge in [0.25, 0.3) is 10.0 Å². The van der Waals surface area contributed by atoms with Crippen LogP contribution in [0.15, 0.2) is 88.7 Å². The maximum absolute atomic E-state index is 13.3. The van der Waals surface area contributed by atoms with Crippen LogP contribution in [0.4, 0.5) is 10.1 Å². The number of hydrogen-bond donors (Lipinski definition) is 1. The van der Waals surface area contributed by atoms with Crippen molar-refractivity contribution >= 4 is 31.5 Å². The maximum Gasteiger partial charge on any atom is 0.264 e. The van der Waals surface area contributed by atoms with Crippen LogP contribution in [-0.4, -0.2) is 35.5 Å². The summed E-state index contributed by atoms with van der Waals surface area (Å²) < 4.78 is 64.0. The van der Waals surface area contributed by atoms with Crippen molar-refractivity contribution in [2.45, 2.75) is 22.8 Å². The highest BCUT2D eigenvalue weighted by molar-refractivity contribution is 7.93. The molecule has 174 valence electrons. The quantitative estimate of drug-likeness (QED) is 0.522. The SMILES string of the molecule is CC(NC(=O)CN(c1ccccc1)S(=O)(=O)c1ccc(F)cc1)c1ccc(S(C)(=O)=O)cc1. The Morgan fingerprint density at radius 2 is 1.42 bits per heavy atom. The zero-order valence-corrected chi connectivity index (χ0v) is 19.6. The monoisotopic (exact) mass is 490 g/mol. The summed E-state index contributed by atoms with van der Waals surface area (Å²) in [5, 5.41) is 2.73. The second-order valence-corrected chi connectivity index (χ2v) is 11.3. The third-order valence-electron chi connectivity index (χ3n) is 4.92. The Hall–Kier alpha value is -3.24. The number of carbonyl (C=O) groups excluding carboxylic acids is 1. The van der Waals surface area contributed by atoms with Gasteiger partial charge in [-0.05, 0) is 61.0 Å². The Morgan fingerprint density at radius 3 is 1.97 bits per heavy atom. The molecule has 1 N–H and O–H groups in total. The summed E-state index contributed by atoms with van der Waals surface area (Å²) in [5.41, 5.74) is 0.936. The van der Waals surface area contributed by atoms with Crippen molar-refractivity contribution in [3.05, 3.63) is 90.2 Å². The van der Waals surface area contributed by atoms with E-state index in [1.165, 1.54) is 12.1 Å². The Labute approximate surface area is 192 Å². The molecule has 33 heavy (non-hydrogen) atoms. The molecular weight excluding hydrogens is 467 g/mol. The van der Waals surface area contributed by atoms with Gasteiger partial charge in [-0.3, -0.25) is 9.10 Å². The number of nitrogens with one attached hydrogen (secondary N) is 1. The average Bonchev–Trinajstić information content (AvgIpc) is 2.77. The second-order valence-electron chi connectivity index (χ2n) is 7.43. The lowest BCUT2D eigenvalue weighted by atomic mass is 10.1. The van der Waals surface area contributed by atoms with E-state index in [9.17, 15) is 26.0 Å². The molecule has 0 aliphatic heterocycles. The van der Waals surface area contributed by atoms with Crippen LogP contribution in [-0.2, 0) is 24.7 Å². The molecule has 0 saturated carbocycles. The molecule has 7 nitrogen and oxygen atoms in total. The first-order chi connectivity index (χ1) is 15.5. The molecule has 0 heterocycles. The van der Waals surface area contributed by atoms with E-state index in [-0.39, 0.29) is 15.5 Å². The first-order valence-corrected chi connectivity index (χ1v) is 13.2. The second kappa shape index (κ2) is 9.72. The van der Waals surface area contributed by atoms with Crippen molar-refractivity contribution in [1.29, 1.82) is 0 Å². The number of sulfone groups is 1. The zero-order chi connectivity index (χ0) is 24.2. The van der Waals surface area contributed by atoms with Crippen LogP contribution in [0, 0.1) is 5.82 Å². The minimum atomic E-state index is -4.15. The molecule has 0 saturated heterocycles. The van der Waals surface area contributed by atoms with E-state index >= 15 is 0 Å². The van der Waals surface area contributed by atoms with Crippen molar-refractivity contribution in [3.8, 4) is 0 Å². The smallest absolute Gasteiger partial charge is 0.264 e. The van der Waals surface area contributed by atoms with Gasteiger partial charge in [-0.1, -0.05) is 30.3 Å². The third kappa shape index (κ3) is 5.96. The van der Waals surface area contributed by atoms with Crippen molar-refractivity contribution in [1.82, 2.24) is 5.32 Å². The lowest BCUT2D eigenvalue weighted by Crippen LogP contribution is -2.41. The Bertz CT molecular complexity index is 1330. The van der Waals surface area contributed by atoms with Crippen molar-refractivity contribution in [2.75, 3.05) is 17.1 Å². The molecule has 0 spiro atoms. The minimum absolute atomic E-state index is 0.148. The number of amides is 1. The molecule has 0 fully saturated rings. The van der Waals surface area contributed by atoms with E-state index in [0.29, 0.717) is 5.56 Å². The lowest BCUT2D eigenvalue weighted by Gasteiger charge is -2.25. The van der Waals surface area contributed by atoms with Crippen LogP contribution in [0.5, 0.6) is 0 Å². The number of carbonyl (C=O) groups is 1. The normalized spacial score (nSPS) is 12.7. The molecule has 3 aromatic carbocycles. The lowest BCUT2D eigenvalue weighted by molar-refractivity contribution is -0.120. The Balaban J connectivity index is 1.83. The standard InChI is InChI=1S/C23H23FN2O5S2/c1-17(18-8-12-21(13-9-18)32(2,28)29)25-23(27)16-26(20-6-4-3-5-7-20)33(30,31)22-14-10-19(24)11-15-22/h3-15,17H,16H2,1-2H3,(H,25,27). The van der Waals surface area contributed by atoms with Crippen LogP contribution < -0.4 is 9.62 Å². The van der Waals surface area contributed by atoms with Crippen molar-refractivity contribution in [2.24, 2.45) is 0 Å². The summed E-state index contributed by atoms with van der Waals surface area (Å²) in [5.74, 6) is -1.14. The Morgan fingerprint density at radius 1 is 0.879 bits per heavy atom. The fourth-order valence-electron chi connectivity index (χ4n) is 3.15. The number of halogens is 1. The van der Waals surface area contributed by atoms with Crippen LogP contribution >= 0.6 is 0 Å². The van der Waals surface area contributed by atoms with Gasteiger partial charge < -0.3 is 5.32 Å². The van der Waals surface area contributed by atoms with Crippen LogP contribution in [0.2, 0.25) is 0 Å². The van der Waals surface area contributed by atoms with Gasteiger partial charge in [0.05, 0.1) is 21.5 Å². The summed E-state index contributed by atoms with van der Waals surface area (Å²) in [6.45, 7) is 1.20. The van der Waals surface area contributed by atoms with Gasteiger partial charge in [0.1, 0.15) is 12.4 Å². The molecule has 0 bridgehead atoms. The summed E-state index contributed by atoms with van der Waals surface area (Å²) in [6, 6.07) is 18.1. The molecule has 0 aliphatic rings. The highest BCUT2D eigenvalue weighted by Gasteiger charge is 2.27. The van der Waals surface area contributed by atoms with E-state index in [4.69, 9.17) is 0 Å². The number of benzene rings is 3. The molecule has 1 amide bonds. The van der Waals surface area contributed by atoms with Crippen LogP contribution in [0.3, 0.4) is 0 Å². The number of para-hydroxylation sites is 1. The molecule has 0 radical (unpaired) electrons. The predicted octanol–water partition coefficient (Wildman–Crippen LogP) is 3.30. The predicted molar refractivity (Wildman–Crippen MR) is 123 cm³/mol. The summed E-state index contributed by atoms with van der Waals surface area (Å²) in [6.07, 6.45) is 1.10. The average molecular weight is 491 g/mol. The third-order valence-corrected chi connectivity index (χ3v) is 7.84. The molecule has 1 atom stereocenters. The first kappa shape index (κ1) is 24.4. The topological polar surface area (TPSA) is 101 Å². The number of rotatable bonds is 8. The summed E-state index contributed by atoms with van der Waals surface area (Å²) in [7, 11) is -7.49. The minimum Gasteiger partial charge on any atom is -0.348 e. The molecule has 0 aliphatic carbocycles. The van der Waals surface area contributed by atoms with Gasteiger partial charge in [0.15, 0.2) is 9.84 Å². The summed E-state index contributed by atoms with van der Waals surface area (Å²) >= 11 is 0. The van der Waals surface area contributed by atoms with E-state index in [0.717, 1.165) is 34.8 Å². The molecule has 1 unspecified atom stereocenters. The number of sulfonamides is 1. The van der Waals surface area contributed by atoms with Gasteiger partial charge in [-0.15, -0.1) is 0 Å². The van der Waals surface area contributed by atoms with Gasteiger partial charge in [-0.2, -0.15) is 0 Å². The fourth-order valence-corrected chi connectivity index (χ4v) is 5.20. The van der Waals surface area contributed by atoms with E-state index in [2.05, 4.69) is 5.32 Å². The van der Waals surface area contributed by atoms with E-state index in [1.54, 1.807) is 49.4 Å². The van der Waals surface area contributed by atoms with Crippen molar-refractivity contribution in [3.63, 3.8) is 0 Å². The molecule has 3 rings (SSSR count). The first-order valence-electron chi connectivity index (χ1n) is 9.91. The number of anilines is 1. The molecular formula is C23H23FN2O5S2. The van der Waals surface area contributed by atoms with Crippen LogP contribution in [0.1, 0.15) is 18.5 Å². The van der Waals surface area contributed by atoms with Gasteiger partial charge in [0.2, 0.25) is 5.91 Å². The zero-order valence-electron chi connectivity index (χ0n) is 18.0. The number of nitrogens with zero attached hydrogens (tertiary/aromatic N) is 1. The van der Waals surface area contributed by atoms with Gasteiger partial charge >= 0.3 is 0 Å². The fraction of sp³-hybridized carbons (Fsp3) is 0.174.